The van der Waals surface area contributed by atoms with Crippen LogP contribution < -0.4 is 15.0 Å². The van der Waals surface area contributed by atoms with Gasteiger partial charge in [0, 0.05) is 11.4 Å². The van der Waals surface area contributed by atoms with Crippen molar-refractivity contribution in [1.82, 2.24) is 9.88 Å². The number of carbonyl (C=O) groups is 1. The zero-order valence-corrected chi connectivity index (χ0v) is 17.0. The van der Waals surface area contributed by atoms with Gasteiger partial charge in [0.05, 0.1) is 45.6 Å². The molecule has 0 spiro atoms. The highest BCUT2D eigenvalue weighted by Crippen LogP contribution is 2.30. The van der Waals surface area contributed by atoms with Crippen LogP contribution in [0.3, 0.4) is 0 Å². The van der Waals surface area contributed by atoms with Gasteiger partial charge in [0.1, 0.15) is 5.75 Å². The number of quaternary nitrogens is 1. The number of likely N-dealkylation sites (N-methyl/N-ethyl adjacent to an activating group) is 1. The van der Waals surface area contributed by atoms with Crippen LogP contribution in [0.15, 0.2) is 60.7 Å². The van der Waals surface area contributed by atoms with Crippen LogP contribution in [0.5, 0.6) is 5.75 Å². The molecule has 5 nitrogen and oxygen atoms in total. The van der Waals surface area contributed by atoms with E-state index in [-0.39, 0.29) is 5.91 Å². The van der Waals surface area contributed by atoms with Crippen LogP contribution in [-0.2, 0) is 0 Å². The summed E-state index contributed by atoms with van der Waals surface area (Å²) in [6.07, 6.45) is 0. The second-order valence-electron chi connectivity index (χ2n) is 7.14. The van der Waals surface area contributed by atoms with Crippen molar-refractivity contribution in [2.45, 2.75) is 6.92 Å². The van der Waals surface area contributed by atoms with Crippen molar-refractivity contribution < 1.29 is 14.4 Å². The lowest BCUT2D eigenvalue weighted by Gasteiger charge is -2.13. The van der Waals surface area contributed by atoms with E-state index in [2.05, 4.69) is 36.1 Å². The second kappa shape index (κ2) is 8.76. The molecule has 0 aliphatic rings. The van der Waals surface area contributed by atoms with Crippen molar-refractivity contribution >= 4 is 5.91 Å². The van der Waals surface area contributed by atoms with Crippen molar-refractivity contribution in [3.63, 3.8) is 0 Å². The van der Waals surface area contributed by atoms with Gasteiger partial charge in [-0.3, -0.25) is 4.79 Å². The Morgan fingerprint density at radius 3 is 2.36 bits per heavy atom. The van der Waals surface area contributed by atoms with Gasteiger partial charge in [0.15, 0.2) is 0 Å². The number of amides is 1. The third-order valence-corrected chi connectivity index (χ3v) is 4.80. The summed E-state index contributed by atoms with van der Waals surface area (Å²) in [6.45, 7) is 3.52. The van der Waals surface area contributed by atoms with Crippen molar-refractivity contribution in [1.29, 1.82) is 0 Å². The van der Waals surface area contributed by atoms with Crippen molar-refractivity contribution in [3.8, 4) is 22.7 Å². The Morgan fingerprint density at radius 2 is 1.75 bits per heavy atom. The van der Waals surface area contributed by atoms with Gasteiger partial charge in [-0.2, -0.15) is 0 Å². The number of hydrogen-bond acceptors (Lipinski definition) is 2. The molecule has 3 rings (SSSR count). The second-order valence-corrected chi connectivity index (χ2v) is 7.14. The quantitative estimate of drug-likeness (QED) is 0.663. The zero-order valence-electron chi connectivity index (χ0n) is 17.0. The van der Waals surface area contributed by atoms with Crippen LogP contribution in [0.25, 0.3) is 16.9 Å². The smallest absolute Gasteiger partial charge is 0.253 e. The molecule has 5 heteroatoms. The standard InChI is InChI=1S/C23H27N3O2/c1-17-21(23(27)24-14-15-25(2)3)16-22(18-10-12-20(28-4)13-11-18)26(17)19-8-6-5-7-9-19/h5-13,16H,14-15H2,1-4H3,(H,24,27)/p+1. The van der Waals surface area contributed by atoms with Crippen LogP contribution in [0, 0.1) is 6.92 Å². The largest absolute Gasteiger partial charge is 0.497 e. The Bertz CT molecular complexity index is 928. The Kier molecular flexibility index (Phi) is 6.16. The first-order chi connectivity index (χ1) is 13.5. The summed E-state index contributed by atoms with van der Waals surface area (Å²) in [5.41, 5.74) is 4.66. The maximum Gasteiger partial charge on any atom is 0.253 e. The van der Waals surface area contributed by atoms with Gasteiger partial charge in [0.2, 0.25) is 0 Å². The number of nitrogens with one attached hydrogen (secondary N) is 2. The molecular weight excluding hydrogens is 350 g/mol. The van der Waals surface area contributed by atoms with Crippen LogP contribution in [0.4, 0.5) is 0 Å². The van der Waals surface area contributed by atoms with Gasteiger partial charge in [-0.15, -0.1) is 0 Å². The van der Waals surface area contributed by atoms with Gasteiger partial charge >= 0.3 is 0 Å². The molecule has 0 radical (unpaired) electrons. The molecule has 28 heavy (non-hydrogen) atoms. The SMILES string of the molecule is COc1ccc(-c2cc(C(=O)NCC[NH+](C)C)c(C)n2-c2ccccc2)cc1. The molecule has 0 bridgehead atoms. The van der Waals surface area contributed by atoms with Gasteiger partial charge in [-0.1, -0.05) is 18.2 Å². The molecule has 0 aliphatic carbocycles. The lowest BCUT2D eigenvalue weighted by Crippen LogP contribution is -3.06. The monoisotopic (exact) mass is 378 g/mol. The number of ether oxygens (including phenoxy) is 1. The Morgan fingerprint density at radius 1 is 1.07 bits per heavy atom. The molecule has 3 aromatic rings. The lowest BCUT2D eigenvalue weighted by atomic mass is 10.1. The summed E-state index contributed by atoms with van der Waals surface area (Å²) in [6, 6.07) is 20.0. The van der Waals surface area contributed by atoms with E-state index in [1.54, 1.807) is 7.11 Å². The molecule has 146 valence electrons. The molecule has 0 saturated carbocycles. The molecule has 2 N–H and O–H groups in total. The fraction of sp³-hybridized carbons (Fsp3) is 0.261. The highest BCUT2D eigenvalue weighted by molar-refractivity contribution is 5.97. The number of nitrogens with zero attached hydrogens (tertiary/aromatic N) is 1. The Hall–Kier alpha value is -3.05. The first-order valence-corrected chi connectivity index (χ1v) is 9.50. The number of methoxy groups -OCH3 is 1. The molecule has 1 aromatic heterocycles. The Labute approximate surface area is 166 Å². The molecule has 0 saturated heterocycles. The number of aromatic nitrogens is 1. The molecule has 1 amide bonds. The molecular formula is C23H28N3O2+. The highest BCUT2D eigenvalue weighted by Gasteiger charge is 2.19. The summed E-state index contributed by atoms with van der Waals surface area (Å²) in [5, 5.41) is 3.04. The minimum atomic E-state index is -0.0387. The van der Waals surface area contributed by atoms with Crippen LogP contribution in [0.2, 0.25) is 0 Å². The molecule has 2 aromatic carbocycles. The zero-order chi connectivity index (χ0) is 20.1. The van der Waals surface area contributed by atoms with E-state index < -0.39 is 0 Å². The van der Waals surface area contributed by atoms with E-state index in [1.165, 1.54) is 4.90 Å². The predicted molar refractivity (Wildman–Crippen MR) is 113 cm³/mol. The number of para-hydroxylation sites is 1. The fourth-order valence-electron chi connectivity index (χ4n) is 3.24. The maximum atomic E-state index is 12.8. The van der Waals surface area contributed by atoms with E-state index in [4.69, 9.17) is 4.74 Å². The highest BCUT2D eigenvalue weighted by atomic mass is 16.5. The number of carbonyl (C=O) groups excluding carboxylic acids is 1. The van der Waals surface area contributed by atoms with E-state index >= 15 is 0 Å². The Balaban J connectivity index is 2.03. The summed E-state index contributed by atoms with van der Waals surface area (Å²) < 4.78 is 7.41. The molecule has 0 aliphatic heterocycles. The minimum Gasteiger partial charge on any atom is -0.497 e. The average Bonchev–Trinajstić information content (AvgIpc) is 3.05. The van der Waals surface area contributed by atoms with Crippen LogP contribution >= 0.6 is 0 Å². The summed E-state index contributed by atoms with van der Waals surface area (Å²) in [5.74, 6) is 0.769. The van der Waals surface area contributed by atoms with Gasteiger partial charge in [0.25, 0.3) is 5.91 Å². The summed E-state index contributed by atoms with van der Waals surface area (Å²) in [4.78, 5) is 14.1. The minimum absolute atomic E-state index is 0.0387. The normalized spacial score (nSPS) is 10.9. The van der Waals surface area contributed by atoms with E-state index in [1.807, 2.05) is 55.5 Å². The average molecular weight is 378 g/mol. The molecule has 0 unspecified atom stereocenters. The molecule has 0 atom stereocenters. The van der Waals surface area contributed by atoms with E-state index in [9.17, 15) is 4.79 Å². The lowest BCUT2D eigenvalue weighted by molar-refractivity contribution is -0.856. The van der Waals surface area contributed by atoms with Gasteiger partial charge < -0.3 is 19.5 Å². The van der Waals surface area contributed by atoms with Crippen molar-refractivity contribution in [3.05, 3.63) is 71.9 Å². The van der Waals surface area contributed by atoms with Crippen molar-refractivity contribution in [2.24, 2.45) is 0 Å². The van der Waals surface area contributed by atoms with E-state index in [0.29, 0.717) is 12.1 Å². The number of hydrogen-bond donors (Lipinski definition) is 2. The number of benzene rings is 2. The van der Waals surface area contributed by atoms with Gasteiger partial charge in [-0.05, 0) is 55.0 Å². The maximum absolute atomic E-state index is 12.8. The molecule has 1 heterocycles. The summed E-state index contributed by atoms with van der Waals surface area (Å²) in [7, 11) is 5.81. The number of rotatable bonds is 7. The summed E-state index contributed by atoms with van der Waals surface area (Å²) >= 11 is 0. The first kappa shape index (κ1) is 19.7. The topological polar surface area (TPSA) is 47.7 Å². The van der Waals surface area contributed by atoms with E-state index in [0.717, 1.165) is 34.9 Å². The molecule has 0 fully saturated rings. The third-order valence-electron chi connectivity index (χ3n) is 4.80. The third kappa shape index (κ3) is 4.26. The fourth-order valence-corrected chi connectivity index (χ4v) is 3.24. The first-order valence-electron chi connectivity index (χ1n) is 9.50. The van der Waals surface area contributed by atoms with Crippen molar-refractivity contribution in [2.75, 3.05) is 34.3 Å². The van der Waals surface area contributed by atoms with Gasteiger partial charge in [-0.25, -0.2) is 0 Å². The predicted octanol–water partition coefficient (Wildman–Crippen LogP) is 2.34. The van der Waals surface area contributed by atoms with Crippen LogP contribution in [-0.4, -0.2) is 44.8 Å². The van der Waals surface area contributed by atoms with Crippen LogP contribution in [0.1, 0.15) is 16.1 Å².